The van der Waals surface area contributed by atoms with E-state index in [1.165, 1.54) is 10.9 Å². The van der Waals surface area contributed by atoms with Crippen LogP contribution in [0.4, 0.5) is 4.79 Å². The zero-order valence-electron chi connectivity index (χ0n) is 11.9. The fraction of sp³-hybridized carbons (Fsp3) is 0.333. The van der Waals surface area contributed by atoms with Gasteiger partial charge in [0.05, 0.1) is 0 Å². The molecule has 0 radical (unpaired) electrons. The van der Waals surface area contributed by atoms with Crippen LogP contribution in [0, 0.1) is 0 Å². The molecule has 0 spiro atoms. The molecule has 1 aromatic carbocycles. The van der Waals surface area contributed by atoms with Crippen LogP contribution < -0.4 is 0 Å². The lowest BCUT2D eigenvalue weighted by molar-refractivity contribution is 0.0504. The third kappa shape index (κ3) is 3.24. The molecule has 1 heterocycles. The molecule has 0 aliphatic heterocycles. The van der Waals surface area contributed by atoms with Gasteiger partial charge in [-0.15, -0.1) is 0 Å². The molecule has 1 aromatic heterocycles. The molecule has 0 amide bonds. The van der Waals surface area contributed by atoms with Crippen LogP contribution in [-0.2, 0) is 4.74 Å². The fourth-order valence-corrected chi connectivity index (χ4v) is 1.90. The van der Waals surface area contributed by atoms with Crippen molar-refractivity contribution in [2.24, 2.45) is 0 Å². The van der Waals surface area contributed by atoms with Crippen molar-refractivity contribution in [2.45, 2.75) is 19.1 Å². The minimum absolute atomic E-state index is 0.0601. The molecular weight excluding hydrogens is 254 g/mol. The summed E-state index contributed by atoms with van der Waals surface area (Å²) in [6, 6.07) is 9.81. The number of hydrogen-bond acceptors (Lipinski definition) is 4. The Kier molecular flexibility index (Phi) is 4.53. The number of aromatic nitrogens is 2. The second-order valence-electron chi connectivity index (χ2n) is 4.89. The Morgan fingerprint density at radius 2 is 2.00 bits per heavy atom. The maximum absolute atomic E-state index is 12.1. The molecule has 0 saturated carbocycles. The van der Waals surface area contributed by atoms with Crippen LogP contribution in [0.15, 0.2) is 49.1 Å². The summed E-state index contributed by atoms with van der Waals surface area (Å²) < 4.78 is 6.98. The molecule has 0 fully saturated rings. The van der Waals surface area contributed by atoms with Gasteiger partial charge in [0, 0.05) is 18.4 Å². The maximum Gasteiger partial charge on any atom is 0.419 e. The molecule has 2 atom stereocenters. The van der Waals surface area contributed by atoms with Crippen molar-refractivity contribution in [1.82, 2.24) is 14.5 Å². The zero-order valence-corrected chi connectivity index (χ0v) is 11.9. The second-order valence-corrected chi connectivity index (χ2v) is 4.89. The van der Waals surface area contributed by atoms with Crippen molar-refractivity contribution < 1.29 is 9.53 Å². The first kappa shape index (κ1) is 14.3. The summed E-state index contributed by atoms with van der Waals surface area (Å²) in [5.74, 6) is 0. The summed E-state index contributed by atoms with van der Waals surface area (Å²) in [4.78, 5) is 18.0. The standard InChI is InChI=1S/C15H19N3O2/c1-12(17(2)3)14(13-7-5-4-6-8-13)20-15(19)18-10-9-16-11-18/h4-12,14H,1-3H3/t12-,14+/m0/s1. The van der Waals surface area contributed by atoms with E-state index in [2.05, 4.69) is 4.98 Å². The van der Waals surface area contributed by atoms with Gasteiger partial charge in [0.25, 0.3) is 0 Å². The summed E-state index contributed by atoms with van der Waals surface area (Å²) in [7, 11) is 3.93. The predicted octanol–water partition coefficient (Wildman–Crippen LogP) is 2.56. The molecule has 0 saturated heterocycles. The zero-order chi connectivity index (χ0) is 14.5. The first-order chi connectivity index (χ1) is 9.59. The molecule has 0 unspecified atom stereocenters. The molecular formula is C15H19N3O2. The number of carbonyl (C=O) groups is 1. The van der Waals surface area contributed by atoms with Gasteiger partial charge in [-0.25, -0.2) is 14.3 Å². The second kappa shape index (κ2) is 6.34. The highest BCUT2D eigenvalue weighted by Crippen LogP contribution is 2.24. The quantitative estimate of drug-likeness (QED) is 0.859. The van der Waals surface area contributed by atoms with Crippen molar-refractivity contribution in [3.8, 4) is 0 Å². The smallest absolute Gasteiger partial charge is 0.419 e. The normalized spacial score (nSPS) is 14.0. The number of likely N-dealkylation sites (N-methyl/N-ethyl adjacent to an activating group) is 1. The molecule has 20 heavy (non-hydrogen) atoms. The van der Waals surface area contributed by atoms with Crippen LogP contribution in [0.2, 0.25) is 0 Å². The third-order valence-electron chi connectivity index (χ3n) is 3.32. The minimum atomic E-state index is -0.426. The first-order valence-corrected chi connectivity index (χ1v) is 6.50. The average molecular weight is 273 g/mol. The van der Waals surface area contributed by atoms with E-state index in [-0.39, 0.29) is 12.1 Å². The van der Waals surface area contributed by atoms with E-state index in [1.807, 2.05) is 56.3 Å². The summed E-state index contributed by atoms with van der Waals surface area (Å²) in [5.41, 5.74) is 0.974. The van der Waals surface area contributed by atoms with E-state index < -0.39 is 6.09 Å². The Hall–Kier alpha value is -2.14. The highest BCUT2D eigenvalue weighted by atomic mass is 16.6. The Bertz CT molecular complexity index is 538. The molecule has 106 valence electrons. The minimum Gasteiger partial charge on any atom is -0.439 e. The van der Waals surface area contributed by atoms with Gasteiger partial charge >= 0.3 is 6.09 Å². The largest absolute Gasteiger partial charge is 0.439 e. The molecule has 0 bridgehead atoms. The highest BCUT2D eigenvalue weighted by molar-refractivity contribution is 5.70. The van der Waals surface area contributed by atoms with Gasteiger partial charge in [0.15, 0.2) is 0 Å². The number of rotatable bonds is 4. The van der Waals surface area contributed by atoms with Crippen LogP contribution in [0.25, 0.3) is 0 Å². The molecule has 2 rings (SSSR count). The predicted molar refractivity (Wildman–Crippen MR) is 76.4 cm³/mol. The summed E-state index contributed by atoms with van der Waals surface area (Å²) in [5, 5.41) is 0. The number of carbonyl (C=O) groups excluding carboxylic acids is 1. The van der Waals surface area contributed by atoms with Gasteiger partial charge in [-0.05, 0) is 26.6 Å². The van der Waals surface area contributed by atoms with Crippen LogP contribution in [0.3, 0.4) is 0 Å². The van der Waals surface area contributed by atoms with E-state index in [9.17, 15) is 4.79 Å². The summed E-state index contributed by atoms with van der Waals surface area (Å²) >= 11 is 0. The topological polar surface area (TPSA) is 47.4 Å². The molecule has 0 aliphatic rings. The van der Waals surface area contributed by atoms with Crippen molar-refractivity contribution >= 4 is 6.09 Å². The number of ether oxygens (including phenoxy) is 1. The number of imidazole rings is 1. The van der Waals surface area contributed by atoms with Crippen LogP contribution >= 0.6 is 0 Å². The fourth-order valence-electron chi connectivity index (χ4n) is 1.90. The number of nitrogens with zero attached hydrogens (tertiary/aromatic N) is 3. The van der Waals surface area contributed by atoms with Crippen molar-refractivity contribution in [2.75, 3.05) is 14.1 Å². The van der Waals surface area contributed by atoms with E-state index in [4.69, 9.17) is 4.74 Å². The van der Waals surface area contributed by atoms with Gasteiger partial charge in [0.2, 0.25) is 0 Å². The van der Waals surface area contributed by atoms with Crippen molar-refractivity contribution in [3.63, 3.8) is 0 Å². The molecule has 5 heteroatoms. The number of hydrogen-bond donors (Lipinski definition) is 0. The third-order valence-corrected chi connectivity index (χ3v) is 3.32. The average Bonchev–Trinajstić information content (AvgIpc) is 2.99. The van der Waals surface area contributed by atoms with Gasteiger partial charge in [0.1, 0.15) is 12.4 Å². The molecule has 5 nitrogen and oxygen atoms in total. The molecule has 2 aromatic rings. The number of benzene rings is 1. The SMILES string of the molecule is C[C@@H]([C@@H](OC(=O)n1ccnc1)c1ccccc1)N(C)C. The van der Waals surface area contributed by atoms with Crippen LogP contribution in [0.1, 0.15) is 18.6 Å². The van der Waals surface area contributed by atoms with Gasteiger partial charge < -0.3 is 9.64 Å². The van der Waals surface area contributed by atoms with Gasteiger partial charge in [-0.3, -0.25) is 0 Å². The Morgan fingerprint density at radius 3 is 2.55 bits per heavy atom. The van der Waals surface area contributed by atoms with Crippen molar-refractivity contribution in [1.29, 1.82) is 0 Å². The van der Waals surface area contributed by atoms with E-state index >= 15 is 0 Å². The Labute approximate surface area is 118 Å². The Balaban J connectivity index is 2.21. The molecule has 0 aliphatic carbocycles. The van der Waals surface area contributed by atoms with Gasteiger partial charge in [-0.2, -0.15) is 0 Å². The molecule has 0 N–H and O–H groups in total. The lowest BCUT2D eigenvalue weighted by atomic mass is 10.0. The summed E-state index contributed by atoms with van der Waals surface area (Å²) in [6.07, 6.45) is 3.80. The monoisotopic (exact) mass is 273 g/mol. The lowest BCUT2D eigenvalue weighted by Gasteiger charge is -2.29. The first-order valence-electron chi connectivity index (χ1n) is 6.50. The van der Waals surface area contributed by atoms with Crippen LogP contribution in [0.5, 0.6) is 0 Å². The van der Waals surface area contributed by atoms with Crippen molar-refractivity contribution in [3.05, 3.63) is 54.6 Å². The van der Waals surface area contributed by atoms with E-state index in [0.29, 0.717) is 0 Å². The highest BCUT2D eigenvalue weighted by Gasteiger charge is 2.25. The van der Waals surface area contributed by atoms with E-state index in [0.717, 1.165) is 5.56 Å². The van der Waals surface area contributed by atoms with Crippen LogP contribution in [-0.4, -0.2) is 40.7 Å². The Morgan fingerprint density at radius 1 is 1.30 bits per heavy atom. The maximum atomic E-state index is 12.1. The summed E-state index contributed by atoms with van der Waals surface area (Å²) in [6.45, 7) is 2.03. The van der Waals surface area contributed by atoms with E-state index in [1.54, 1.807) is 12.4 Å². The lowest BCUT2D eigenvalue weighted by Crippen LogP contribution is -2.34. The van der Waals surface area contributed by atoms with Gasteiger partial charge in [-0.1, -0.05) is 30.3 Å².